The Balaban J connectivity index is 0.000000679. The molecule has 3 aliphatic rings. The Bertz CT molecular complexity index is 1790. The number of likely N-dealkylation sites (tertiary alicyclic amines) is 1. The van der Waals surface area contributed by atoms with Crippen LogP contribution in [-0.4, -0.2) is 93.1 Å². The van der Waals surface area contributed by atoms with Crippen LogP contribution in [0, 0.1) is 0 Å². The second-order valence-electron chi connectivity index (χ2n) is 10.6. The number of aromatic hydroxyl groups is 1. The second kappa shape index (κ2) is 13.5. The lowest BCUT2D eigenvalue weighted by atomic mass is 10.0. The van der Waals surface area contributed by atoms with Crippen LogP contribution >= 0.6 is 23.5 Å². The fourth-order valence-electron chi connectivity index (χ4n) is 5.30. The smallest absolute Gasteiger partial charge is 0.352 e. The molecule has 2 saturated heterocycles. The van der Waals surface area contributed by atoms with Crippen molar-refractivity contribution in [3.05, 3.63) is 95.7 Å². The van der Waals surface area contributed by atoms with Crippen molar-refractivity contribution >= 4 is 58.2 Å². The SMILES string of the molecule is O=C(CSc1nc2ccccc2[nH]1)N[C@@H]1C(=O)N2C(C(=O)O)=C(C=C3CCN(Cc4ccc(O)cc4)C3=O)CS[C@H]12.c1c[nH]cn1. The maximum absolute atomic E-state index is 13.0. The zero-order valence-electron chi connectivity index (χ0n) is 24.3. The monoisotopic (exact) mass is 659 g/mol. The number of fused-ring (bicyclic) bond motifs is 2. The van der Waals surface area contributed by atoms with Crippen LogP contribution in [0.15, 0.2) is 95.3 Å². The molecule has 0 aliphatic carbocycles. The molecule has 3 amide bonds. The molecule has 46 heavy (non-hydrogen) atoms. The first-order valence-electron chi connectivity index (χ1n) is 14.3. The minimum Gasteiger partial charge on any atom is -0.508 e. The van der Waals surface area contributed by atoms with Crippen molar-refractivity contribution in [2.75, 3.05) is 18.1 Å². The summed E-state index contributed by atoms with van der Waals surface area (Å²) in [4.78, 5) is 67.8. The molecule has 7 rings (SSSR count). The number of hydrogen-bond donors (Lipinski definition) is 5. The Labute approximate surface area is 271 Å². The summed E-state index contributed by atoms with van der Waals surface area (Å²) in [6.45, 7) is 0.860. The van der Waals surface area contributed by atoms with E-state index in [9.17, 15) is 29.4 Å². The molecule has 2 aromatic carbocycles. The fourth-order valence-corrected chi connectivity index (χ4v) is 7.30. The number of benzene rings is 2. The summed E-state index contributed by atoms with van der Waals surface area (Å²) in [6.07, 6.45) is 7.13. The third-order valence-electron chi connectivity index (χ3n) is 7.50. The lowest BCUT2D eigenvalue weighted by Crippen LogP contribution is -2.70. The number of phenolic OH excluding ortho intramolecular Hbond substituents is 1. The zero-order valence-corrected chi connectivity index (χ0v) is 25.9. The van der Waals surface area contributed by atoms with Crippen LogP contribution in [0.25, 0.3) is 11.0 Å². The Morgan fingerprint density at radius 3 is 2.65 bits per heavy atom. The van der Waals surface area contributed by atoms with Crippen LogP contribution in [0.5, 0.6) is 5.75 Å². The van der Waals surface area contributed by atoms with E-state index in [2.05, 4.69) is 25.3 Å². The number of H-pyrrole nitrogens is 2. The van der Waals surface area contributed by atoms with Crippen molar-refractivity contribution in [3.63, 3.8) is 0 Å². The van der Waals surface area contributed by atoms with Gasteiger partial charge < -0.3 is 30.4 Å². The number of thioether (sulfide) groups is 2. The number of imidazole rings is 2. The van der Waals surface area contributed by atoms with E-state index in [4.69, 9.17) is 0 Å². The first-order valence-corrected chi connectivity index (χ1v) is 16.3. The predicted molar refractivity (Wildman–Crippen MR) is 171 cm³/mol. The highest BCUT2D eigenvalue weighted by molar-refractivity contribution is 8.00. The van der Waals surface area contributed by atoms with E-state index < -0.39 is 23.3 Å². The number of nitrogens with one attached hydrogen (secondary N) is 3. The number of β-lactam (4-membered cyclic amide) rings is 1. The van der Waals surface area contributed by atoms with Gasteiger partial charge in [0.05, 0.1) is 23.1 Å². The summed E-state index contributed by atoms with van der Waals surface area (Å²) in [5.74, 6) is -1.82. The molecule has 2 fully saturated rings. The number of aromatic amines is 2. The van der Waals surface area contributed by atoms with Crippen molar-refractivity contribution < 1.29 is 29.4 Å². The topological polar surface area (TPSA) is 185 Å². The van der Waals surface area contributed by atoms with E-state index in [1.165, 1.54) is 28.4 Å². The van der Waals surface area contributed by atoms with Gasteiger partial charge in [-0.05, 0) is 47.9 Å². The van der Waals surface area contributed by atoms with Crippen LogP contribution in [0.2, 0.25) is 0 Å². The number of carbonyl (C=O) groups is 4. The first-order chi connectivity index (χ1) is 22.3. The Kier molecular flexibility index (Phi) is 9.12. The van der Waals surface area contributed by atoms with E-state index >= 15 is 0 Å². The average Bonchev–Trinajstić information content (AvgIpc) is 3.83. The summed E-state index contributed by atoms with van der Waals surface area (Å²) in [5.41, 5.74) is 3.25. The first kappa shape index (κ1) is 31.0. The number of allylic oxidation sites excluding steroid dienone is 1. The number of aromatic nitrogens is 4. The fraction of sp³-hybridized carbons (Fsp3) is 0.226. The maximum atomic E-state index is 13.0. The quantitative estimate of drug-likeness (QED) is 0.107. The maximum Gasteiger partial charge on any atom is 0.352 e. The molecule has 0 bridgehead atoms. The molecule has 5 heterocycles. The lowest BCUT2D eigenvalue weighted by molar-refractivity contribution is -0.150. The van der Waals surface area contributed by atoms with Crippen LogP contribution in [-0.2, 0) is 25.7 Å². The minimum atomic E-state index is -1.26. The molecule has 2 aromatic heterocycles. The number of amides is 3. The van der Waals surface area contributed by atoms with Crippen LogP contribution in [0.4, 0.5) is 0 Å². The molecule has 0 saturated carbocycles. The third kappa shape index (κ3) is 6.65. The van der Waals surface area contributed by atoms with E-state index in [0.29, 0.717) is 35.8 Å². The summed E-state index contributed by atoms with van der Waals surface area (Å²) < 4.78 is 0. The van der Waals surface area contributed by atoms with Gasteiger partial charge in [0.15, 0.2) is 5.16 Å². The number of phenols is 1. The molecular weight excluding hydrogens is 631 g/mol. The molecule has 0 radical (unpaired) electrons. The average molecular weight is 660 g/mol. The predicted octanol–water partition coefficient (Wildman–Crippen LogP) is 2.87. The highest BCUT2D eigenvalue weighted by atomic mass is 32.2. The molecule has 5 N–H and O–H groups in total. The molecule has 15 heteroatoms. The van der Waals surface area contributed by atoms with Crippen LogP contribution < -0.4 is 5.32 Å². The number of hydrogen-bond acceptors (Lipinski definition) is 9. The van der Waals surface area contributed by atoms with Gasteiger partial charge >= 0.3 is 5.97 Å². The number of para-hydroxylation sites is 2. The Morgan fingerprint density at radius 2 is 1.96 bits per heavy atom. The highest BCUT2D eigenvalue weighted by Crippen LogP contribution is 2.41. The van der Waals surface area contributed by atoms with Crippen LogP contribution in [0.3, 0.4) is 0 Å². The largest absolute Gasteiger partial charge is 0.508 e. The number of nitrogens with zero attached hydrogens (tertiary/aromatic N) is 4. The van der Waals surface area contributed by atoms with Crippen molar-refractivity contribution in [2.24, 2.45) is 0 Å². The zero-order chi connectivity index (χ0) is 32.2. The standard InChI is InChI=1S/C28H25N5O6S2.C3H4N2/c34-18-7-5-15(6-8-18)12-32-10-9-16(24(32)36)11-17-13-40-26-22(25(37)33(26)23(17)27(38)39)31-21(35)14-41-28-29-19-3-1-2-4-20(19)30-28;1-2-5-3-4-1/h1-8,11,22,26,34H,9-10,12-14H2,(H,29,30)(H,31,35)(H,38,39);1-3H,(H,4,5)/t22-,26-;/m1./s1. The molecule has 0 unspecified atom stereocenters. The van der Waals surface area contributed by atoms with Crippen molar-refractivity contribution in [3.8, 4) is 5.75 Å². The van der Waals surface area contributed by atoms with Gasteiger partial charge in [0.1, 0.15) is 22.9 Å². The van der Waals surface area contributed by atoms with E-state index in [1.807, 2.05) is 24.3 Å². The molecule has 4 aromatic rings. The summed E-state index contributed by atoms with van der Waals surface area (Å²) in [5, 5.41) is 22.3. The summed E-state index contributed by atoms with van der Waals surface area (Å²) >= 11 is 2.57. The van der Waals surface area contributed by atoms with Gasteiger partial charge in [0.25, 0.3) is 5.91 Å². The van der Waals surface area contributed by atoms with Gasteiger partial charge in [-0.25, -0.2) is 14.8 Å². The van der Waals surface area contributed by atoms with E-state index in [0.717, 1.165) is 16.6 Å². The van der Waals surface area contributed by atoms with Gasteiger partial charge in [0.2, 0.25) is 11.8 Å². The molecule has 3 aliphatic heterocycles. The van der Waals surface area contributed by atoms with Gasteiger partial charge in [0, 0.05) is 36.8 Å². The number of aliphatic carboxylic acids is 1. The molecule has 236 valence electrons. The second-order valence-corrected chi connectivity index (χ2v) is 12.6. The van der Waals surface area contributed by atoms with Crippen molar-refractivity contribution in [1.29, 1.82) is 0 Å². The normalized spacial score (nSPS) is 20.0. The highest BCUT2D eigenvalue weighted by Gasteiger charge is 2.54. The van der Waals surface area contributed by atoms with Gasteiger partial charge in [-0.1, -0.05) is 36.0 Å². The van der Waals surface area contributed by atoms with Crippen LogP contribution in [0.1, 0.15) is 12.0 Å². The van der Waals surface area contributed by atoms with Crippen molar-refractivity contribution in [1.82, 2.24) is 35.1 Å². The Hall–Kier alpha value is -5.02. The molecule has 0 spiro atoms. The van der Waals surface area contributed by atoms with E-state index in [1.54, 1.807) is 54.0 Å². The Morgan fingerprint density at radius 1 is 1.15 bits per heavy atom. The van der Waals surface area contributed by atoms with E-state index in [-0.39, 0.29) is 34.8 Å². The molecule has 2 atom stereocenters. The van der Waals surface area contributed by atoms with Crippen molar-refractivity contribution in [2.45, 2.75) is 29.5 Å². The number of carboxylic acid groups (broad SMARTS) is 1. The third-order valence-corrected chi connectivity index (χ3v) is 9.68. The molecule has 13 nitrogen and oxygen atoms in total. The van der Waals surface area contributed by atoms with Gasteiger partial charge in [-0.15, -0.1) is 11.8 Å². The number of carbonyl (C=O) groups excluding carboxylic acids is 3. The molecular formula is C31H29N7O6S2. The lowest BCUT2D eigenvalue weighted by Gasteiger charge is -2.49. The summed E-state index contributed by atoms with van der Waals surface area (Å²) in [7, 11) is 0. The number of carboxylic acids is 1. The van der Waals surface area contributed by atoms with Gasteiger partial charge in [-0.3, -0.25) is 19.3 Å². The number of rotatable bonds is 8. The van der Waals surface area contributed by atoms with Gasteiger partial charge in [-0.2, -0.15) is 0 Å². The summed E-state index contributed by atoms with van der Waals surface area (Å²) in [6, 6.07) is 13.3. The minimum absolute atomic E-state index is 0.0444.